The number of allylic oxidation sites excluding steroid dienone is 1. The molecule has 0 saturated carbocycles. The second-order valence-electron chi connectivity index (χ2n) is 9.12. The highest BCUT2D eigenvalue weighted by atomic mass is 32.2. The van der Waals surface area contributed by atoms with Crippen molar-refractivity contribution >= 4 is 27.4 Å². The Bertz CT molecular complexity index is 1370. The summed E-state index contributed by atoms with van der Waals surface area (Å²) in [5.41, 5.74) is 0.687. The standard InChI is InChI=1S/C27H26N2O4S/c1-27(2,3)26(31)28-23-21-16-10-11-17-22(21)34(32,33)29(18-19-12-6-4-7-13-19)24(23)25(30)20-14-8-5-9-15-20/h4-17H,18H2,1-3H3,(H,28,31). The number of hydrogen-bond acceptors (Lipinski definition) is 4. The van der Waals surface area contributed by atoms with Crippen molar-refractivity contribution in [2.75, 3.05) is 0 Å². The highest BCUT2D eigenvalue weighted by molar-refractivity contribution is 7.89. The second-order valence-corrected chi connectivity index (χ2v) is 10.9. The maximum Gasteiger partial charge on any atom is 0.265 e. The van der Waals surface area contributed by atoms with E-state index >= 15 is 0 Å². The van der Waals surface area contributed by atoms with Crippen LogP contribution in [0.2, 0.25) is 0 Å². The molecule has 1 N–H and O–H groups in total. The number of amides is 1. The molecule has 6 nitrogen and oxygen atoms in total. The van der Waals surface area contributed by atoms with Crippen LogP contribution in [0, 0.1) is 5.41 Å². The van der Waals surface area contributed by atoms with Gasteiger partial charge in [0.2, 0.25) is 11.7 Å². The summed E-state index contributed by atoms with van der Waals surface area (Å²) in [6, 6.07) is 24.0. The molecule has 1 amide bonds. The van der Waals surface area contributed by atoms with Crippen molar-refractivity contribution in [1.82, 2.24) is 9.62 Å². The van der Waals surface area contributed by atoms with Crippen molar-refractivity contribution in [2.45, 2.75) is 32.2 Å². The smallest absolute Gasteiger partial charge is 0.265 e. The van der Waals surface area contributed by atoms with E-state index in [0.717, 1.165) is 4.31 Å². The van der Waals surface area contributed by atoms with E-state index in [1.165, 1.54) is 6.07 Å². The van der Waals surface area contributed by atoms with E-state index in [2.05, 4.69) is 5.32 Å². The van der Waals surface area contributed by atoms with E-state index in [1.54, 1.807) is 81.4 Å². The number of nitrogens with one attached hydrogen (secondary N) is 1. The molecule has 0 fully saturated rings. The molecule has 4 rings (SSSR count). The molecular formula is C27H26N2O4S. The van der Waals surface area contributed by atoms with Crippen LogP contribution in [0.15, 0.2) is 95.5 Å². The van der Waals surface area contributed by atoms with E-state index in [0.29, 0.717) is 16.7 Å². The van der Waals surface area contributed by atoms with E-state index < -0.39 is 21.2 Å². The van der Waals surface area contributed by atoms with Gasteiger partial charge in [-0.1, -0.05) is 99.6 Å². The van der Waals surface area contributed by atoms with E-state index in [4.69, 9.17) is 0 Å². The van der Waals surface area contributed by atoms with Crippen LogP contribution in [0.3, 0.4) is 0 Å². The van der Waals surface area contributed by atoms with Gasteiger partial charge in [0.15, 0.2) is 0 Å². The SMILES string of the molecule is CC(C)(C)C(=O)NC1=C(C(=O)c2ccccc2)N(Cc2ccccc2)S(=O)(=O)c2ccccc21. The molecule has 34 heavy (non-hydrogen) atoms. The van der Waals surface area contributed by atoms with Gasteiger partial charge in [0, 0.05) is 16.5 Å². The monoisotopic (exact) mass is 474 g/mol. The first-order valence-electron chi connectivity index (χ1n) is 10.9. The summed E-state index contributed by atoms with van der Waals surface area (Å²) in [7, 11) is -4.08. The molecule has 0 saturated heterocycles. The zero-order chi connectivity index (χ0) is 24.5. The molecule has 0 radical (unpaired) electrons. The van der Waals surface area contributed by atoms with Crippen molar-refractivity contribution in [3.05, 3.63) is 107 Å². The topological polar surface area (TPSA) is 83.6 Å². The molecule has 0 aromatic heterocycles. The molecule has 174 valence electrons. The van der Waals surface area contributed by atoms with Gasteiger partial charge in [-0.3, -0.25) is 13.9 Å². The molecule has 3 aromatic rings. The minimum atomic E-state index is -4.08. The van der Waals surface area contributed by atoms with Crippen molar-refractivity contribution in [3.63, 3.8) is 0 Å². The fourth-order valence-corrected chi connectivity index (χ4v) is 5.35. The fourth-order valence-electron chi connectivity index (χ4n) is 3.68. The van der Waals surface area contributed by atoms with Crippen LogP contribution in [0.4, 0.5) is 0 Å². The third-order valence-corrected chi connectivity index (χ3v) is 7.35. The van der Waals surface area contributed by atoms with Gasteiger partial charge in [-0.05, 0) is 11.6 Å². The number of nitrogens with zero attached hydrogens (tertiary/aromatic N) is 1. The highest BCUT2D eigenvalue weighted by Crippen LogP contribution is 2.38. The van der Waals surface area contributed by atoms with Gasteiger partial charge in [-0.2, -0.15) is 0 Å². The Hall–Kier alpha value is -3.71. The summed E-state index contributed by atoms with van der Waals surface area (Å²) in [5, 5.41) is 2.88. The Balaban J connectivity index is 2.01. The molecule has 1 aliphatic rings. The van der Waals surface area contributed by atoms with Gasteiger partial charge in [0.05, 0.1) is 17.1 Å². The van der Waals surface area contributed by atoms with Crippen molar-refractivity contribution in [3.8, 4) is 0 Å². The number of carbonyl (C=O) groups excluding carboxylic acids is 2. The van der Waals surface area contributed by atoms with Crippen LogP contribution in [-0.2, 0) is 21.4 Å². The molecule has 0 spiro atoms. The first-order valence-corrected chi connectivity index (χ1v) is 12.4. The van der Waals surface area contributed by atoms with Gasteiger partial charge in [0.1, 0.15) is 5.70 Å². The number of Topliss-reactive ketones (excluding diaryl/α,β-unsaturated/α-hetero) is 1. The lowest BCUT2D eigenvalue weighted by molar-refractivity contribution is -0.127. The quantitative estimate of drug-likeness (QED) is 0.548. The number of benzene rings is 3. The number of fused-ring (bicyclic) bond motifs is 1. The van der Waals surface area contributed by atoms with E-state index in [1.807, 2.05) is 18.2 Å². The Morgan fingerprint density at radius 1 is 0.824 bits per heavy atom. The van der Waals surface area contributed by atoms with Gasteiger partial charge in [-0.25, -0.2) is 8.42 Å². The summed E-state index contributed by atoms with van der Waals surface area (Å²) >= 11 is 0. The Labute approximate surface area is 200 Å². The zero-order valence-corrected chi connectivity index (χ0v) is 20.1. The van der Waals surface area contributed by atoms with Crippen LogP contribution >= 0.6 is 0 Å². The summed E-state index contributed by atoms with van der Waals surface area (Å²) < 4.78 is 28.7. The molecule has 1 aliphatic heterocycles. The average molecular weight is 475 g/mol. The number of carbonyl (C=O) groups is 2. The lowest BCUT2D eigenvalue weighted by Crippen LogP contribution is -2.43. The lowest BCUT2D eigenvalue weighted by Gasteiger charge is -2.34. The minimum absolute atomic E-state index is 0.0414. The number of hydrogen-bond donors (Lipinski definition) is 1. The predicted octanol–water partition coefficient (Wildman–Crippen LogP) is 4.60. The molecular weight excluding hydrogens is 448 g/mol. The summed E-state index contributed by atoms with van der Waals surface area (Å²) in [4.78, 5) is 26.9. The lowest BCUT2D eigenvalue weighted by atomic mass is 9.94. The van der Waals surface area contributed by atoms with Crippen LogP contribution < -0.4 is 5.32 Å². The first-order chi connectivity index (χ1) is 16.1. The Morgan fingerprint density at radius 2 is 1.38 bits per heavy atom. The molecule has 0 unspecified atom stereocenters. The van der Waals surface area contributed by atoms with Crippen LogP contribution in [0.25, 0.3) is 5.70 Å². The Kier molecular flexibility index (Phi) is 6.15. The van der Waals surface area contributed by atoms with Crippen molar-refractivity contribution in [1.29, 1.82) is 0 Å². The van der Waals surface area contributed by atoms with Gasteiger partial charge in [0.25, 0.3) is 10.0 Å². The third kappa shape index (κ3) is 4.39. The maximum absolute atomic E-state index is 13.8. The predicted molar refractivity (Wildman–Crippen MR) is 131 cm³/mol. The van der Waals surface area contributed by atoms with Crippen molar-refractivity contribution in [2.24, 2.45) is 5.41 Å². The molecule has 0 aliphatic carbocycles. The largest absolute Gasteiger partial charge is 0.323 e. The highest BCUT2D eigenvalue weighted by Gasteiger charge is 2.41. The number of ketones is 1. The van der Waals surface area contributed by atoms with Crippen LogP contribution in [0.1, 0.15) is 42.3 Å². The molecule has 1 heterocycles. The van der Waals surface area contributed by atoms with Crippen LogP contribution in [0.5, 0.6) is 0 Å². The average Bonchev–Trinajstić information content (AvgIpc) is 2.82. The minimum Gasteiger partial charge on any atom is -0.323 e. The third-order valence-electron chi connectivity index (χ3n) is 5.55. The normalized spacial score (nSPS) is 15.0. The number of rotatable bonds is 5. The summed E-state index contributed by atoms with van der Waals surface area (Å²) in [6.07, 6.45) is 0. The van der Waals surface area contributed by atoms with Gasteiger partial charge < -0.3 is 5.32 Å². The fraction of sp³-hybridized carbons (Fsp3) is 0.185. The number of sulfonamides is 1. The maximum atomic E-state index is 13.8. The summed E-state index contributed by atoms with van der Waals surface area (Å²) in [6.45, 7) is 5.22. The first kappa shape index (κ1) is 23.4. The zero-order valence-electron chi connectivity index (χ0n) is 19.3. The molecule has 3 aromatic carbocycles. The molecule has 0 atom stereocenters. The van der Waals surface area contributed by atoms with Crippen molar-refractivity contribution < 1.29 is 18.0 Å². The molecule has 7 heteroatoms. The van der Waals surface area contributed by atoms with Crippen LogP contribution in [-0.4, -0.2) is 24.4 Å². The summed E-state index contributed by atoms with van der Waals surface area (Å²) in [5.74, 6) is -0.812. The van der Waals surface area contributed by atoms with E-state index in [-0.39, 0.29) is 28.7 Å². The second kappa shape index (κ2) is 8.91. The van der Waals surface area contributed by atoms with Gasteiger partial charge in [-0.15, -0.1) is 0 Å². The van der Waals surface area contributed by atoms with Gasteiger partial charge >= 0.3 is 0 Å². The molecule has 0 bridgehead atoms. The Morgan fingerprint density at radius 3 is 2.00 bits per heavy atom. The van der Waals surface area contributed by atoms with E-state index in [9.17, 15) is 18.0 Å².